The van der Waals surface area contributed by atoms with E-state index in [1.165, 1.54) is 0 Å². The summed E-state index contributed by atoms with van der Waals surface area (Å²) in [5.41, 5.74) is 2.10. The van der Waals surface area contributed by atoms with Crippen molar-refractivity contribution in [3.05, 3.63) is 59.5 Å². The van der Waals surface area contributed by atoms with Gasteiger partial charge in [0, 0.05) is 26.2 Å². The number of hydrogen-bond acceptors (Lipinski definition) is 5. The quantitative estimate of drug-likeness (QED) is 0.750. The zero-order chi connectivity index (χ0) is 19.1. The molecule has 0 saturated carbocycles. The second-order valence-corrected chi connectivity index (χ2v) is 6.56. The number of morpholine rings is 1. The van der Waals surface area contributed by atoms with Crippen LogP contribution in [-0.2, 0) is 20.9 Å². The number of carbonyl (C=O) groups excluding carboxylic acids is 2. The predicted octanol–water partition coefficient (Wildman–Crippen LogP) is 1.39. The van der Waals surface area contributed by atoms with Crippen LogP contribution < -0.4 is 10.6 Å². The van der Waals surface area contributed by atoms with Crippen molar-refractivity contribution in [1.29, 1.82) is 0 Å². The molecular weight excluding hydrogens is 346 g/mol. The Morgan fingerprint density at radius 1 is 1.07 bits per heavy atom. The van der Waals surface area contributed by atoms with Crippen LogP contribution in [-0.4, -0.2) is 49.6 Å². The molecule has 0 unspecified atom stereocenters. The van der Waals surface area contributed by atoms with E-state index >= 15 is 0 Å². The first kappa shape index (κ1) is 19.1. The van der Waals surface area contributed by atoms with Crippen molar-refractivity contribution in [2.45, 2.75) is 19.5 Å². The van der Waals surface area contributed by atoms with Crippen molar-refractivity contribution in [3.63, 3.8) is 0 Å². The van der Waals surface area contributed by atoms with Crippen LogP contribution >= 0.6 is 0 Å². The third-order valence-electron chi connectivity index (χ3n) is 4.59. The molecule has 1 atom stereocenters. The molecule has 2 heterocycles. The van der Waals surface area contributed by atoms with Gasteiger partial charge in [-0.1, -0.05) is 29.8 Å². The van der Waals surface area contributed by atoms with Crippen LogP contribution in [0.4, 0.5) is 0 Å². The van der Waals surface area contributed by atoms with Gasteiger partial charge in [-0.3, -0.25) is 14.5 Å². The van der Waals surface area contributed by atoms with Crippen LogP contribution in [0.5, 0.6) is 0 Å². The molecule has 7 nitrogen and oxygen atoms in total. The fourth-order valence-corrected chi connectivity index (χ4v) is 3.02. The molecule has 3 rings (SSSR count). The highest BCUT2D eigenvalue weighted by molar-refractivity contribution is 6.35. The molecule has 0 bridgehead atoms. The number of nitrogens with zero attached hydrogens (tertiary/aromatic N) is 1. The Bertz CT molecular complexity index is 737. The summed E-state index contributed by atoms with van der Waals surface area (Å²) in [7, 11) is 0. The Kier molecular flexibility index (Phi) is 6.62. The molecule has 7 heteroatoms. The van der Waals surface area contributed by atoms with Gasteiger partial charge >= 0.3 is 11.8 Å². The number of hydrogen-bond donors (Lipinski definition) is 2. The van der Waals surface area contributed by atoms with E-state index in [1.807, 2.05) is 43.3 Å². The number of aryl methyl sites for hydroxylation is 1. The summed E-state index contributed by atoms with van der Waals surface area (Å²) in [6, 6.07) is 11.4. The Hall–Kier alpha value is -2.64. The van der Waals surface area contributed by atoms with Crippen LogP contribution in [0.25, 0.3) is 0 Å². The summed E-state index contributed by atoms with van der Waals surface area (Å²) in [4.78, 5) is 26.4. The van der Waals surface area contributed by atoms with Crippen molar-refractivity contribution in [1.82, 2.24) is 15.5 Å². The zero-order valence-corrected chi connectivity index (χ0v) is 15.4. The van der Waals surface area contributed by atoms with Crippen molar-refractivity contribution < 1.29 is 18.7 Å². The second-order valence-electron chi connectivity index (χ2n) is 6.56. The van der Waals surface area contributed by atoms with Crippen LogP contribution in [0.2, 0.25) is 0 Å². The van der Waals surface area contributed by atoms with E-state index in [2.05, 4.69) is 15.5 Å². The molecule has 1 aliphatic heterocycles. The van der Waals surface area contributed by atoms with Crippen molar-refractivity contribution >= 4 is 11.8 Å². The van der Waals surface area contributed by atoms with Gasteiger partial charge in [0.15, 0.2) is 0 Å². The monoisotopic (exact) mass is 371 g/mol. The molecule has 1 aliphatic rings. The van der Waals surface area contributed by atoms with Crippen LogP contribution in [0.15, 0.2) is 47.1 Å². The average Bonchev–Trinajstić information content (AvgIpc) is 3.22. The van der Waals surface area contributed by atoms with E-state index in [0.717, 1.165) is 30.0 Å². The molecule has 2 amide bonds. The van der Waals surface area contributed by atoms with Gasteiger partial charge in [0.05, 0.1) is 25.5 Å². The van der Waals surface area contributed by atoms with Crippen LogP contribution in [0.1, 0.15) is 22.9 Å². The highest BCUT2D eigenvalue weighted by Crippen LogP contribution is 2.21. The number of nitrogens with one attached hydrogen (secondary N) is 2. The van der Waals surface area contributed by atoms with E-state index in [0.29, 0.717) is 26.3 Å². The zero-order valence-electron chi connectivity index (χ0n) is 15.4. The standard InChI is InChI=1S/C20H25N3O4/c1-15-4-6-16(7-5-15)13-21-19(24)20(25)22-14-17(18-3-2-10-27-18)23-8-11-26-12-9-23/h2-7,10,17H,8-9,11-14H2,1H3,(H,21,24)(H,22,25)/t17-/m0/s1. The van der Waals surface area contributed by atoms with E-state index in [-0.39, 0.29) is 6.04 Å². The molecule has 0 spiro atoms. The maximum Gasteiger partial charge on any atom is 0.309 e. The molecule has 0 aliphatic carbocycles. The number of ether oxygens (including phenoxy) is 1. The first-order chi connectivity index (χ1) is 13.1. The summed E-state index contributed by atoms with van der Waals surface area (Å²) in [6.45, 7) is 5.40. The summed E-state index contributed by atoms with van der Waals surface area (Å²) >= 11 is 0. The first-order valence-electron chi connectivity index (χ1n) is 9.10. The first-order valence-corrected chi connectivity index (χ1v) is 9.10. The van der Waals surface area contributed by atoms with Gasteiger partial charge in [0.2, 0.25) is 0 Å². The molecule has 1 saturated heterocycles. The minimum Gasteiger partial charge on any atom is -0.468 e. The largest absolute Gasteiger partial charge is 0.468 e. The lowest BCUT2D eigenvalue weighted by molar-refractivity contribution is -0.139. The van der Waals surface area contributed by atoms with Gasteiger partial charge in [-0.2, -0.15) is 0 Å². The molecule has 1 aromatic carbocycles. The fourth-order valence-electron chi connectivity index (χ4n) is 3.02. The molecule has 144 valence electrons. The molecular formula is C20H25N3O4. The van der Waals surface area contributed by atoms with Crippen molar-refractivity contribution in [3.8, 4) is 0 Å². The van der Waals surface area contributed by atoms with E-state index < -0.39 is 11.8 Å². The highest BCUT2D eigenvalue weighted by atomic mass is 16.5. The number of amides is 2. The molecule has 1 fully saturated rings. The fraction of sp³-hybridized carbons (Fsp3) is 0.400. The Balaban J connectivity index is 1.52. The van der Waals surface area contributed by atoms with Crippen molar-refractivity contribution in [2.75, 3.05) is 32.8 Å². The predicted molar refractivity (Wildman–Crippen MR) is 99.9 cm³/mol. The minimum atomic E-state index is -0.646. The number of carbonyl (C=O) groups is 2. The smallest absolute Gasteiger partial charge is 0.309 e. The number of rotatable bonds is 6. The lowest BCUT2D eigenvalue weighted by Gasteiger charge is -2.33. The van der Waals surface area contributed by atoms with Crippen LogP contribution in [0.3, 0.4) is 0 Å². The summed E-state index contributed by atoms with van der Waals surface area (Å²) in [5, 5.41) is 5.37. The molecule has 27 heavy (non-hydrogen) atoms. The SMILES string of the molecule is Cc1ccc(CNC(=O)C(=O)NC[C@@H](c2ccco2)N2CCOCC2)cc1. The lowest BCUT2D eigenvalue weighted by atomic mass is 10.1. The molecule has 2 N–H and O–H groups in total. The van der Waals surface area contributed by atoms with Gasteiger partial charge in [0.1, 0.15) is 5.76 Å². The summed E-state index contributed by atoms with van der Waals surface area (Å²) in [6.07, 6.45) is 1.61. The van der Waals surface area contributed by atoms with Crippen molar-refractivity contribution in [2.24, 2.45) is 0 Å². The maximum absolute atomic E-state index is 12.2. The minimum absolute atomic E-state index is 0.127. The Labute approximate surface area is 158 Å². The number of furan rings is 1. The maximum atomic E-state index is 12.2. The summed E-state index contributed by atoms with van der Waals surface area (Å²) in [5.74, 6) is -0.528. The normalized spacial score (nSPS) is 15.9. The van der Waals surface area contributed by atoms with Gasteiger partial charge in [-0.25, -0.2) is 0 Å². The lowest BCUT2D eigenvalue weighted by Crippen LogP contribution is -2.46. The van der Waals surface area contributed by atoms with E-state index in [1.54, 1.807) is 6.26 Å². The van der Waals surface area contributed by atoms with E-state index in [4.69, 9.17) is 9.15 Å². The highest BCUT2D eigenvalue weighted by Gasteiger charge is 2.26. The second kappa shape index (κ2) is 9.34. The third-order valence-corrected chi connectivity index (χ3v) is 4.59. The number of benzene rings is 1. The van der Waals surface area contributed by atoms with E-state index in [9.17, 15) is 9.59 Å². The summed E-state index contributed by atoms with van der Waals surface area (Å²) < 4.78 is 10.9. The van der Waals surface area contributed by atoms with Crippen LogP contribution in [0, 0.1) is 6.92 Å². The van der Waals surface area contributed by atoms with Gasteiger partial charge < -0.3 is 19.8 Å². The molecule has 1 aromatic heterocycles. The molecule has 0 radical (unpaired) electrons. The topological polar surface area (TPSA) is 83.8 Å². The average molecular weight is 371 g/mol. The molecule has 2 aromatic rings. The van der Waals surface area contributed by atoms with Gasteiger partial charge in [-0.15, -0.1) is 0 Å². The van der Waals surface area contributed by atoms with Gasteiger partial charge in [-0.05, 0) is 24.6 Å². The van der Waals surface area contributed by atoms with Gasteiger partial charge in [0.25, 0.3) is 0 Å². The third kappa shape index (κ3) is 5.42. The Morgan fingerprint density at radius 3 is 2.44 bits per heavy atom. The Morgan fingerprint density at radius 2 is 1.78 bits per heavy atom.